The largest absolute Gasteiger partial charge is 0.333 e. The minimum atomic E-state index is -0.391. The first kappa shape index (κ1) is 22.9. The number of nitrogens with zero attached hydrogens (tertiary/aromatic N) is 2. The third kappa shape index (κ3) is 7.49. The number of amides is 3. The Bertz CT molecular complexity index is 798. The van der Waals surface area contributed by atoms with E-state index in [1.54, 1.807) is 33.3 Å². The highest BCUT2D eigenvalue weighted by Crippen LogP contribution is 2.16. The van der Waals surface area contributed by atoms with Crippen LogP contribution in [0.25, 0.3) is 0 Å². The summed E-state index contributed by atoms with van der Waals surface area (Å²) in [5.41, 5.74) is 0.449. The van der Waals surface area contributed by atoms with Crippen LogP contribution in [0.1, 0.15) is 45.1 Å². The average Bonchev–Trinajstić information content (AvgIpc) is 3.12. The predicted molar refractivity (Wildman–Crippen MR) is 115 cm³/mol. The minimum Gasteiger partial charge on any atom is -0.333 e. The van der Waals surface area contributed by atoms with Crippen molar-refractivity contribution in [2.75, 3.05) is 6.54 Å². The van der Waals surface area contributed by atoms with Gasteiger partial charge >= 0.3 is 6.03 Å². The zero-order valence-electron chi connectivity index (χ0n) is 17.7. The topological polar surface area (TPSA) is 52.7 Å². The van der Waals surface area contributed by atoms with Gasteiger partial charge in [-0.2, -0.15) is 0 Å². The van der Waals surface area contributed by atoms with E-state index in [1.165, 1.54) is 12.1 Å². The fraction of sp³-hybridized carbons (Fsp3) is 0.455. The number of hydrogen-bond acceptors (Lipinski definition) is 3. The molecule has 0 spiro atoms. The molecule has 1 aromatic carbocycles. The predicted octanol–water partition coefficient (Wildman–Crippen LogP) is 4.63. The van der Waals surface area contributed by atoms with Gasteiger partial charge in [0.2, 0.25) is 5.91 Å². The summed E-state index contributed by atoms with van der Waals surface area (Å²) in [4.78, 5) is 30.1. The van der Waals surface area contributed by atoms with Gasteiger partial charge in [-0.3, -0.25) is 4.79 Å². The summed E-state index contributed by atoms with van der Waals surface area (Å²) in [7, 11) is 0. The van der Waals surface area contributed by atoms with Crippen LogP contribution in [-0.2, 0) is 17.9 Å². The Morgan fingerprint density at radius 3 is 2.28 bits per heavy atom. The van der Waals surface area contributed by atoms with Crippen LogP contribution < -0.4 is 5.32 Å². The smallest absolute Gasteiger partial charge is 0.318 e. The first-order valence-corrected chi connectivity index (χ1v) is 10.6. The fourth-order valence-electron chi connectivity index (χ4n) is 2.76. The molecule has 5 nitrogen and oxygen atoms in total. The van der Waals surface area contributed by atoms with E-state index in [-0.39, 0.29) is 30.3 Å². The summed E-state index contributed by atoms with van der Waals surface area (Å²) in [6, 6.07) is 9.66. The molecule has 1 heterocycles. The van der Waals surface area contributed by atoms with E-state index in [9.17, 15) is 14.0 Å². The fourth-order valence-corrected chi connectivity index (χ4v) is 3.48. The maximum atomic E-state index is 13.2. The van der Waals surface area contributed by atoms with Crippen LogP contribution in [0.3, 0.4) is 0 Å². The Morgan fingerprint density at radius 1 is 1.10 bits per heavy atom. The molecule has 0 atom stereocenters. The van der Waals surface area contributed by atoms with E-state index >= 15 is 0 Å². The average molecular weight is 420 g/mol. The van der Waals surface area contributed by atoms with E-state index in [1.807, 2.05) is 52.1 Å². The van der Waals surface area contributed by atoms with E-state index in [0.717, 1.165) is 10.4 Å². The highest BCUT2D eigenvalue weighted by molar-refractivity contribution is 7.09. The van der Waals surface area contributed by atoms with Crippen LogP contribution in [0, 0.1) is 5.82 Å². The molecule has 0 saturated carbocycles. The number of thiophene rings is 1. The van der Waals surface area contributed by atoms with Gasteiger partial charge in [0.05, 0.1) is 6.54 Å². The molecule has 2 aromatic rings. The van der Waals surface area contributed by atoms with Crippen molar-refractivity contribution in [1.82, 2.24) is 15.1 Å². The summed E-state index contributed by atoms with van der Waals surface area (Å²) in [5, 5.41) is 4.89. The maximum Gasteiger partial charge on any atom is 0.318 e. The van der Waals surface area contributed by atoms with E-state index in [0.29, 0.717) is 13.1 Å². The van der Waals surface area contributed by atoms with Crippen molar-refractivity contribution in [3.05, 3.63) is 58.0 Å². The molecule has 0 fully saturated rings. The molecule has 0 unspecified atom stereocenters. The number of nitrogens with one attached hydrogen (secondary N) is 1. The first-order valence-electron chi connectivity index (χ1n) is 9.68. The number of rotatable bonds is 7. The molecule has 0 saturated heterocycles. The van der Waals surface area contributed by atoms with Crippen molar-refractivity contribution in [1.29, 1.82) is 0 Å². The van der Waals surface area contributed by atoms with Crippen LogP contribution in [0.15, 0.2) is 41.8 Å². The van der Waals surface area contributed by atoms with Crippen LogP contribution in [0.4, 0.5) is 9.18 Å². The zero-order chi connectivity index (χ0) is 21.6. The Morgan fingerprint density at radius 2 is 1.76 bits per heavy atom. The van der Waals surface area contributed by atoms with Gasteiger partial charge in [-0.05, 0) is 63.8 Å². The van der Waals surface area contributed by atoms with Crippen molar-refractivity contribution in [3.63, 3.8) is 0 Å². The number of benzene rings is 1. The van der Waals surface area contributed by atoms with Crippen molar-refractivity contribution < 1.29 is 14.0 Å². The third-order valence-electron chi connectivity index (χ3n) is 4.24. The Balaban J connectivity index is 2.17. The SMILES string of the molecule is CC(C)N(CC(=O)N(Cc1ccc(F)cc1)Cc1cccs1)C(=O)NC(C)(C)C. The molecule has 0 aliphatic carbocycles. The maximum absolute atomic E-state index is 13.2. The van der Waals surface area contributed by atoms with Crippen molar-refractivity contribution in [2.24, 2.45) is 0 Å². The third-order valence-corrected chi connectivity index (χ3v) is 5.10. The van der Waals surface area contributed by atoms with E-state index < -0.39 is 5.54 Å². The normalized spacial score (nSPS) is 11.4. The lowest BCUT2D eigenvalue weighted by atomic mass is 10.1. The second kappa shape index (κ2) is 9.87. The lowest BCUT2D eigenvalue weighted by Gasteiger charge is -2.32. The van der Waals surface area contributed by atoms with Crippen LogP contribution in [0.2, 0.25) is 0 Å². The van der Waals surface area contributed by atoms with Gasteiger partial charge < -0.3 is 15.1 Å². The first-order chi connectivity index (χ1) is 13.5. The number of urea groups is 1. The number of carbonyl (C=O) groups is 2. The minimum absolute atomic E-state index is 0.0217. The molecular weight excluding hydrogens is 389 g/mol. The van der Waals surface area contributed by atoms with Gasteiger partial charge in [0, 0.05) is 23.0 Å². The molecule has 0 aliphatic rings. The molecule has 1 aromatic heterocycles. The summed E-state index contributed by atoms with van der Waals surface area (Å²) >= 11 is 1.57. The van der Waals surface area contributed by atoms with Crippen LogP contribution in [-0.4, -0.2) is 39.9 Å². The lowest BCUT2D eigenvalue weighted by molar-refractivity contribution is -0.133. The Labute approximate surface area is 176 Å². The summed E-state index contributed by atoms with van der Waals surface area (Å²) in [5.74, 6) is -0.463. The molecule has 2 rings (SSSR count). The molecule has 0 radical (unpaired) electrons. The summed E-state index contributed by atoms with van der Waals surface area (Å²) < 4.78 is 13.2. The van der Waals surface area contributed by atoms with Gasteiger partial charge in [-0.1, -0.05) is 18.2 Å². The standard InChI is InChI=1S/C22H30FN3O2S/c1-16(2)26(21(28)24-22(3,4)5)15-20(27)25(14-19-7-6-12-29-19)13-17-8-10-18(23)11-9-17/h6-12,16H,13-15H2,1-5H3,(H,24,28). The van der Waals surface area contributed by atoms with Gasteiger partial charge in [-0.25, -0.2) is 9.18 Å². The van der Waals surface area contributed by atoms with Gasteiger partial charge in [0.15, 0.2) is 0 Å². The summed E-state index contributed by atoms with van der Waals surface area (Å²) in [6.07, 6.45) is 0. The molecule has 29 heavy (non-hydrogen) atoms. The molecule has 7 heteroatoms. The molecule has 0 aliphatic heterocycles. The molecular formula is C22H30FN3O2S. The van der Waals surface area contributed by atoms with E-state index in [4.69, 9.17) is 0 Å². The zero-order valence-corrected chi connectivity index (χ0v) is 18.6. The van der Waals surface area contributed by atoms with Crippen molar-refractivity contribution in [2.45, 2.75) is 59.3 Å². The highest BCUT2D eigenvalue weighted by atomic mass is 32.1. The molecule has 158 valence electrons. The second-order valence-electron chi connectivity index (χ2n) is 8.36. The van der Waals surface area contributed by atoms with Gasteiger partial charge in [0.25, 0.3) is 0 Å². The van der Waals surface area contributed by atoms with Crippen molar-refractivity contribution in [3.8, 4) is 0 Å². The Kier molecular flexibility index (Phi) is 7.79. The molecule has 1 N–H and O–H groups in total. The quantitative estimate of drug-likeness (QED) is 0.711. The molecule has 3 amide bonds. The van der Waals surface area contributed by atoms with Crippen LogP contribution in [0.5, 0.6) is 0 Å². The number of hydrogen-bond donors (Lipinski definition) is 1. The second-order valence-corrected chi connectivity index (χ2v) is 9.39. The number of carbonyl (C=O) groups excluding carboxylic acids is 2. The summed E-state index contributed by atoms with van der Waals surface area (Å²) in [6.45, 7) is 10.3. The molecule has 0 bridgehead atoms. The lowest BCUT2D eigenvalue weighted by Crippen LogP contribution is -2.53. The number of halogens is 1. The highest BCUT2D eigenvalue weighted by Gasteiger charge is 2.26. The van der Waals surface area contributed by atoms with Gasteiger partial charge in [0.1, 0.15) is 12.4 Å². The van der Waals surface area contributed by atoms with Crippen molar-refractivity contribution >= 4 is 23.3 Å². The van der Waals surface area contributed by atoms with E-state index in [2.05, 4.69) is 5.32 Å². The monoisotopic (exact) mass is 419 g/mol. The Hall–Kier alpha value is -2.41. The van der Waals surface area contributed by atoms with Crippen LogP contribution >= 0.6 is 11.3 Å². The van der Waals surface area contributed by atoms with Gasteiger partial charge in [-0.15, -0.1) is 11.3 Å².